The van der Waals surface area contributed by atoms with Crippen LogP contribution in [0.15, 0.2) is 12.4 Å². The summed E-state index contributed by atoms with van der Waals surface area (Å²) in [6.45, 7) is 4.77. The topological polar surface area (TPSA) is 65.1 Å². The molecule has 6 nitrogen and oxygen atoms in total. The molecule has 0 aliphatic heterocycles. The van der Waals surface area contributed by atoms with Gasteiger partial charge in [-0.15, -0.1) is 0 Å². The molecular formula is C13H20N4O2. The third kappa shape index (κ3) is 2.35. The summed E-state index contributed by atoms with van der Waals surface area (Å²) in [4.78, 5) is 4.26. The summed E-state index contributed by atoms with van der Waals surface area (Å²) in [5, 5.41) is 14.9. The standard InChI is InChI=1S/C13H20N4O2/c1-5-7-17-8-6-14-12(17)11(18)10-9(2)15-16(3)13(10)19-4/h6,8,11,18H,5,7H2,1-4H3. The fraction of sp³-hybridized carbons (Fsp3) is 0.538. The van der Waals surface area contributed by atoms with Crippen molar-refractivity contribution in [3.05, 3.63) is 29.5 Å². The molecule has 0 spiro atoms. The van der Waals surface area contributed by atoms with Gasteiger partial charge in [0.1, 0.15) is 11.9 Å². The van der Waals surface area contributed by atoms with Gasteiger partial charge in [0.15, 0.2) is 0 Å². The molecule has 1 atom stereocenters. The lowest BCUT2D eigenvalue weighted by molar-refractivity contribution is 0.197. The number of methoxy groups -OCH3 is 1. The number of rotatable bonds is 5. The molecule has 1 N–H and O–H groups in total. The van der Waals surface area contributed by atoms with Crippen LogP contribution < -0.4 is 4.74 Å². The van der Waals surface area contributed by atoms with Crippen LogP contribution in [0.4, 0.5) is 0 Å². The zero-order chi connectivity index (χ0) is 14.0. The molecule has 0 aromatic carbocycles. The average molecular weight is 264 g/mol. The third-order valence-corrected chi connectivity index (χ3v) is 3.14. The van der Waals surface area contributed by atoms with Crippen molar-refractivity contribution >= 4 is 0 Å². The highest BCUT2D eigenvalue weighted by Crippen LogP contribution is 2.31. The Hall–Kier alpha value is -1.82. The van der Waals surface area contributed by atoms with Crippen LogP contribution in [0.1, 0.15) is 36.5 Å². The molecule has 0 radical (unpaired) electrons. The second-order valence-corrected chi connectivity index (χ2v) is 4.51. The molecule has 2 aromatic heterocycles. The van der Waals surface area contributed by atoms with E-state index in [1.165, 1.54) is 0 Å². The number of nitrogens with zero attached hydrogens (tertiary/aromatic N) is 4. The highest BCUT2D eigenvalue weighted by atomic mass is 16.5. The molecule has 104 valence electrons. The van der Waals surface area contributed by atoms with Gasteiger partial charge in [-0.25, -0.2) is 9.67 Å². The van der Waals surface area contributed by atoms with Crippen LogP contribution in [0.5, 0.6) is 5.88 Å². The van der Waals surface area contributed by atoms with Crippen LogP contribution in [-0.2, 0) is 13.6 Å². The van der Waals surface area contributed by atoms with Crippen LogP contribution in [0, 0.1) is 6.92 Å². The Morgan fingerprint density at radius 3 is 2.84 bits per heavy atom. The molecule has 0 aliphatic rings. The van der Waals surface area contributed by atoms with Crippen molar-refractivity contribution in [3.8, 4) is 5.88 Å². The van der Waals surface area contributed by atoms with Crippen molar-refractivity contribution in [2.24, 2.45) is 7.05 Å². The van der Waals surface area contributed by atoms with E-state index in [2.05, 4.69) is 17.0 Å². The van der Waals surface area contributed by atoms with Gasteiger partial charge >= 0.3 is 0 Å². The molecule has 0 aliphatic carbocycles. The van der Waals surface area contributed by atoms with Gasteiger partial charge in [0.05, 0.1) is 18.4 Å². The number of hydrogen-bond acceptors (Lipinski definition) is 4. The number of aromatic nitrogens is 4. The molecule has 0 bridgehead atoms. The Morgan fingerprint density at radius 2 is 2.21 bits per heavy atom. The minimum atomic E-state index is -0.829. The predicted molar refractivity (Wildman–Crippen MR) is 71.1 cm³/mol. The normalized spacial score (nSPS) is 12.7. The van der Waals surface area contributed by atoms with Gasteiger partial charge in [0.25, 0.3) is 0 Å². The summed E-state index contributed by atoms with van der Waals surface area (Å²) < 4.78 is 8.90. The molecule has 2 aromatic rings. The first-order chi connectivity index (χ1) is 9.10. The van der Waals surface area contributed by atoms with Crippen molar-refractivity contribution in [3.63, 3.8) is 0 Å². The number of imidazole rings is 1. The maximum atomic E-state index is 10.6. The molecular weight excluding hydrogens is 244 g/mol. The zero-order valence-corrected chi connectivity index (χ0v) is 11.8. The lowest BCUT2D eigenvalue weighted by Gasteiger charge is -2.14. The van der Waals surface area contributed by atoms with Crippen LogP contribution in [0.3, 0.4) is 0 Å². The second-order valence-electron chi connectivity index (χ2n) is 4.51. The van der Waals surface area contributed by atoms with E-state index in [-0.39, 0.29) is 0 Å². The Kier molecular flexibility index (Phi) is 3.90. The molecule has 6 heteroatoms. The summed E-state index contributed by atoms with van der Waals surface area (Å²) in [5.41, 5.74) is 1.42. The minimum absolute atomic E-state index is 0.566. The summed E-state index contributed by atoms with van der Waals surface area (Å²) in [6.07, 6.45) is 3.73. The Bertz CT molecular complexity index is 559. The first-order valence-corrected chi connectivity index (χ1v) is 6.36. The maximum absolute atomic E-state index is 10.6. The summed E-state index contributed by atoms with van der Waals surface area (Å²) in [5.74, 6) is 1.19. The van der Waals surface area contributed by atoms with E-state index in [1.807, 2.05) is 17.7 Å². The van der Waals surface area contributed by atoms with E-state index in [0.29, 0.717) is 17.3 Å². The molecule has 0 amide bonds. The highest BCUT2D eigenvalue weighted by molar-refractivity contribution is 5.36. The molecule has 1 unspecified atom stereocenters. The van der Waals surface area contributed by atoms with E-state index in [0.717, 1.165) is 18.7 Å². The van der Waals surface area contributed by atoms with E-state index in [9.17, 15) is 5.11 Å². The summed E-state index contributed by atoms with van der Waals surface area (Å²) >= 11 is 0. The molecule has 0 saturated heterocycles. The van der Waals surface area contributed by atoms with Gasteiger partial charge in [0.2, 0.25) is 5.88 Å². The van der Waals surface area contributed by atoms with Gasteiger partial charge in [-0.2, -0.15) is 5.10 Å². The first-order valence-electron chi connectivity index (χ1n) is 6.36. The number of hydrogen-bond donors (Lipinski definition) is 1. The van der Waals surface area contributed by atoms with Crippen molar-refractivity contribution in [1.29, 1.82) is 0 Å². The Morgan fingerprint density at radius 1 is 1.47 bits per heavy atom. The van der Waals surface area contributed by atoms with Gasteiger partial charge < -0.3 is 14.4 Å². The average Bonchev–Trinajstić information content (AvgIpc) is 2.93. The second kappa shape index (κ2) is 5.44. The van der Waals surface area contributed by atoms with E-state index in [4.69, 9.17) is 4.74 Å². The molecule has 0 saturated carbocycles. The minimum Gasteiger partial charge on any atom is -0.481 e. The molecule has 2 heterocycles. The van der Waals surface area contributed by atoms with Crippen molar-refractivity contribution in [2.45, 2.75) is 32.9 Å². The maximum Gasteiger partial charge on any atom is 0.217 e. The largest absolute Gasteiger partial charge is 0.481 e. The van der Waals surface area contributed by atoms with E-state index < -0.39 is 6.10 Å². The van der Waals surface area contributed by atoms with E-state index >= 15 is 0 Å². The van der Waals surface area contributed by atoms with Gasteiger partial charge in [-0.3, -0.25) is 0 Å². The van der Waals surface area contributed by atoms with Gasteiger partial charge in [-0.1, -0.05) is 6.92 Å². The van der Waals surface area contributed by atoms with Crippen LogP contribution in [-0.4, -0.2) is 31.5 Å². The van der Waals surface area contributed by atoms with Crippen LogP contribution >= 0.6 is 0 Å². The van der Waals surface area contributed by atoms with Crippen molar-refractivity contribution in [2.75, 3.05) is 7.11 Å². The van der Waals surface area contributed by atoms with Crippen LogP contribution in [0.25, 0.3) is 0 Å². The third-order valence-electron chi connectivity index (χ3n) is 3.14. The lowest BCUT2D eigenvalue weighted by Crippen LogP contribution is -2.11. The van der Waals surface area contributed by atoms with Crippen molar-refractivity contribution in [1.82, 2.24) is 19.3 Å². The first kappa shape index (κ1) is 13.6. The van der Waals surface area contributed by atoms with E-state index in [1.54, 1.807) is 25.0 Å². The fourth-order valence-corrected chi connectivity index (χ4v) is 2.34. The Labute approximate surface area is 112 Å². The number of aryl methyl sites for hydroxylation is 3. The van der Waals surface area contributed by atoms with Gasteiger partial charge in [0, 0.05) is 26.0 Å². The van der Waals surface area contributed by atoms with Gasteiger partial charge in [-0.05, 0) is 13.3 Å². The molecule has 0 fully saturated rings. The monoisotopic (exact) mass is 264 g/mol. The summed E-state index contributed by atoms with van der Waals surface area (Å²) in [6, 6.07) is 0. The summed E-state index contributed by atoms with van der Waals surface area (Å²) in [7, 11) is 3.37. The Balaban J connectivity index is 2.43. The molecule has 2 rings (SSSR count). The molecule has 19 heavy (non-hydrogen) atoms. The lowest BCUT2D eigenvalue weighted by atomic mass is 10.1. The number of aliphatic hydroxyl groups is 1. The van der Waals surface area contributed by atoms with Crippen molar-refractivity contribution < 1.29 is 9.84 Å². The quantitative estimate of drug-likeness (QED) is 0.887. The SMILES string of the molecule is CCCn1ccnc1C(O)c1c(C)nn(C)c1OC. The number of ether oxygens (including phenoxy) is 1. The highest BCUT2D eigenvalue weighted by Gasteiger charge is 2.25. The van der Waals surface area contributed by atoms with Crippen LogP contribution in [0.2, 0.25) is 0 Å². The fourth-order valence-electron chi connectivity index (χ4n) is 2.34. The predicted octanol–water partition coefficient (Wildman–Crippen LogP) is 1.43. The number of aliphatic hydroxyl groups excluding tert-OH is 1. The zero-order valence-electron chi connectivity index (χ0n) is 11.8. The smallest absolute Gasteiger partial charge is 0.217 e.